The maximum atomic E-state index is 10.3. The number of hydrogen-bond acceptors (Lipinski definition) is 6. The standard InChI is InChI=1S/C20H15N3O3/c1-25-16-11-5-9-15(18(16)24)20-22-19(23-26-20)17-14(10-6-12-21-17)13-7-3-2-4-8-13/h2-12,24H,1H3. The summed E-state index contributed by atoms with van der Waals surface area (Å²) in [5, 5.41) is 14.3. The molecule has 0 aliphatic heterocycles. The number of hydrogen-bond donors (Lipinski definition) is 1. The monoisotopic (exact) mass is 345 g/mol. The van der Waals surface area contributed by atoms with Gasteiger partial charge in [-0.3, -0.25) is 4.98 Å². The van der Waals surface area contributed by atoms with Crippen LogP contribution in [0, 0.1) is 0 Å². The third-order valence-electron chi connectivity index (χ3n) is 3.98. The fourth-order valence-corrected chi connectivity index (χ4v) is 2.72. The van der Waals surface area contributed by atoms with Crippen LogP contribution in [0.5, 0.6) is 11.5 Å². The first-order valence-electron chi connectivity index (χ1n) is 7.99. The Morgan fingerprint density at radius 3 is 2.54 bits per heavy atom. The van der Waals surface area contributed by atoms with E-state index in [0.717, 1.165) is 11.1 Å². The second kappa shape index (κ2) is 6.68. The van der Waals surface area contributed by atoms with Crippen LogP contribution in [-0.4, -0.2) is 27.3 Å². The predicted octanol–water partition coefficient (Wildman–Crippen LogP) is 4.18. The van der Waals surface area contributed by atoms with Crippen molar-refractivity contribution in [2.75, 3.05) is 7.11 Å². The normalized spacial score (nSPS) is 10.7. The molecule has 0 aliphatic rings. The molecular formula is C20H15N3O3. The lowest BCUT2D eigenvalue weighted by Gasteiger charge is -2.05. The van der Waals surface area contributed by atoms with Crippen LogP contribution in [0.4, 0.5) is 0 Å². The molecule has 0 bridgehead atoms. The zero-order valence-electron chi connectivity index (χ0n) is 14.0. The minimum absolute atomic E-state index is 0.0468. The molecule has 6 nitrogen and oxygen atoms in total. The number of methoxy groups -OCH3 is 1. The Kier molecular flexibility index (Phi) is 4.07. The molecule has 0 fully saturated rings. The molecule has 0 amide bonds. The molecule has 2 heterocycles. The van der Waals surface area contributed by atoms with E-state index in [1.807, 2.05) is 42.5 Å². The number of pyridine rings is 1. The van der Waals surface area contributed by atoms with Gasteiger partial charge in [-0.15, -0.1) is 0 Å². The number of phenolic OH excluding ortho intramolecular Hbond substituents is 1. The third kappa shape index (κ3) is 2.77. The van der Waals surface area contributed by atoms with E-state index in [1.54, 1.807) is 24.4 Å². The summed E-state index contributed by atoms with van der Waals surface area (Å²) >= 11 is 0. The summed E-state index contributed by atoms with van der Waals surface area (Å²) in [6.45, 7) is 0. The molecular weight excluding hydrogens is 330 g/mol. The summed E-state index contributed by atoms with van der Waals surface area (Å²) in [6, 6.07) is 18.8. The average molecular weight is 345 g/mol. The smallest absolute Gasteiger partial charge is 0.262 e. The molecule has 0 atom stereocenters. The highest BCUT2D eigenvalue weighted by Crippen LogP contribution is 2.37. The number of rotatable bonds is 4. The number of nitrogens with zero attached hydrogens (tertiary/aromatic N) is 3. The largest absolute Gasteiger partial charge is 0.504 e. The Hall–Kier alpha value is -3.67. The van der Waals surface area contributed by atoms with Gasteiger partial charge in [0.15, 0.2) is 11.5 Å². The number of ether oxygens (including phenoxy) is 1. The van der Waals surface area contributed by atoms with E-state index in [-0.39, 0.29) is 11.6 Å². The van der Waals surface area contributed by atoms with Gasteiger partial charge < -0.3 is 14.4 Å². The van der Waals surface area contributed by atoms with Crippen molar-refractivity contribution in [2.45, 2.75) is 0 Å². The number of para-hydroxylation sites is 1. The van der Waals surface area contributed by atoms with Crippen LogP contribution < -0.4 is 4.74 Å². The second-order valence-corrected chi connectivity index (χ2v) is 5.55. The summed E-state index contributed by atoms with van der Waals surface area (Å²) < 4.78 is 10.5. The van der Waals surface area contributed by atoms with E-state index in [4.69, 9.17) is 9.26 Å². The average Bonchev–Trinajstić information content (AvgIpc) is 3.18. The lowest BCUT2D eigenvalue weighted by Crippen LogP contribution is -1.91. The van der Waals surface area contributed by atoms with Crippen molar-refractivity contribution in [1.29, 1.82) is 0 Å². The lowest BCUT2D eigenvalue weighted by molar-refractivity contribution is 0.371. The molecule has 4 rings (SSSR count). The van der Waals surface area contributed by atoms with Crippen molar-refractivity contribution in [3.05, 3.63) is 66.9 Å². The van der Waals surface area contributed by atoms with Crippen molar-refractivity contribution < 1.29 is 14.4 Å². The van der Waals surface area contributed by atoms with Crippen molar-refractivity contribution in [1.82, 2.24) is 15.1 Å². The molecule has 4 aromatic rings. The fraction of sp³-hybridized carbons (Fsp3) is 0.0500. The molecule has 0 radical (unpaired) electrons. The number of phenols is 1. The minimum atomic E-state index is -0.0468. The molecule has 0 saturated heterocycles. The van der Waals surface area contributed by atoms with E-state index >= 15 is 0 Å². The SMILES string of the molecule is COc1cccc(-c2nc(-c3ncccc3-c3ccccc3)no2)c1O. The van der Waals surface area contributed by atoms with Gasteiger partial charge in [0.2, 0.25) is 5.82 Å². The van der Waals surface area contributed by atoms with Crippen LogP contribution >= 0.6 is 0 Å². The van der Waals surface area contributed by atoms with Crippen molar-refractivity contribution in [3.8, 4) is 45.6 Å². The van der Waals surface area contributed by atoms with Gasteiger partial charge in [0, 0.05) is 11.8 Å². The third-order valence-corrected chi connectivity index (χ3v) is 3.98. The topological polar surface area (TPSA) is 81.3 Å². The highest BCUT2D eigenvalue weighted by atomic mass is 16.5. The van der Waals surface area contributed by atoms with Crippen LogP contribution in [0.15, 0.2) is 71.4 Å². The summed E-state index contributed by atoms with van der Waals surface area (Å²) in [4.78, 5) is 8.83. The van der Waals surface area contributed by atoms with Crippen molar-refractivity contribution in [3.63, 3.8) is 0 Å². The Morgan fingerprint density at radius 1 is 0.923 bits per heavy atom. The van der Waals surface area contributed by atoms with Crippen molar-refractivity contribution in [2.24, 2.45) is 0 Å². The Labute approximate surface area is 149 Å². The molecule has 6 heteroatoms. The van der Waals surface area contributed by atoms with Gasteiger partial charge >= 0.3 is 0 Å². The zero-order chi connectivity index (χ0) is 17.9. The van der Waals surface area contributed by atoms with Crippen LogP contribution in [0.25, 0.3) is 34.1 Å². The first-order chi connectivity index (χ1) is 12.8. The van der Waals surface area contributed by atoms with Gasteiger partial charge in [0.1, 0.15) is 5.69 Å². The van der Waals surface area contributed by atoms with Crippen LogP contribution in [0.1, 0.15) is 0 Å². The Morgan fingerprint density at radius 2 is 1.73 bits per heavy atom. The summed E-state index contributed by atoms with van der Waals surface area (Å²) in [5.41, 5.74) is 2.91. The van der Waals surface area contributed by atoms with E-state index in [1.165, 1.54) is 7.11 Å². The zero-order valence-corrected chi connectivity index (χ0v) is 14.0. The van der Waals surface area contributed by atoms with Gasteiger partial charge in [-0.1, -0.05) is 47.6 Å². The molecule has 26 heavy (non-hydrogen) atoms. The van der Waals surface area contributed by atoms with Gasteiger partial charge in [-0.05, 0) is 23.8 Å². The Balaban J connectivity index is 1.79. The molecule has 2 aromatic heterocycles. The minimum Gasteiger partial charge on any atom is -0.504 e. The molecule has 0 aliphatic carbocycles. The summed E-state index contributed by atoms with van der Waals surface area (Å²) in [6.07, 6.45) is 1.68. The maximum absolute atomic E-state index is 10.3. The van der Waals surface area contributed by atoms with Gasteiger partial charge in [0.25, 0.3) is 5.89 Å². The molecule has 2 aromatic carbocycles. The number of benzene rings is 2. The lowest BCUT2D eigenvalue weighted by atomic mass is 10.0. The van der Waals surface area contributed by atoms with Crippen LogP contribution in [0.2, 0.25) is 0 Å². The highest BCUT2D eigenvalue weighted by Gasteiger charge is 2.19. The van der Waals surface area contributed by atoms with Gasteiger partial charge in [-0.25, -0.2) is 0 Å². The maximum Gasteiger partial charge on any atom is 0.262 e. The highest BCUT2D eigenvalue weighted by molar-refractivity contribution is 5.78. The first kappa shape index (κ1) is 15.8. The van der Waals surface area contributed by atoms with E-state index < -0.39 is 0 Å². The van der Waals surface area contributed by atoms with Crippen LogP contribution in [0.3, 0.4) is 0 Å². The quantitative estimate of drug-likeness (QED) is 0.597. The van der Waals surface area contributed by atoms with E-state index in [2.05, 4.69) is 15.1 Å². The van der Waals surface area contributed by atoms with Crippen LogP contribution in [-0.2, 0) is 0 Å². The number of aromatic hydroxyl groups is 1. The summed E-state index contributed by atoms with van der Waals surface area (Å²) in [7, 11) is 1.48. The Bertz CT molecular complexity index is 1050. The van der Waals surface area contributed by atoms with Crippen molar-refractivity contribution >= 4 is 0 Å². The molecule has 0 unspecified atom stereocenters. The molecule has 1 N–H and O–H groups in total. The molecule has 0 saturated carbocycles. The van der Waals surface area contributed by atoms with Gasteiger partial charge in [0.05, 0.1) is 12.7 Å². The summed E-state index contributed by atoms with van der Waals surface area (Å²) in [5.74, 6) is 0.835. The number of aromatic nitrogens is 3. The van der Waals surface area contributed by atoms with E-state index in [0.29, 0.717) is 22.8 Å². The predicted molar refractivity (Wildman–Crippen MR) is 96.6 cm³/mol. The van der Waals surface area contributed by atoms with E-state index in [9.17, 15) is 5.11 Å². The molecule has 128 valence electrons. The first-order valence-corrected chi connectivity index (χ1v) is 7.99. The second-order valence-electron chi connectivity index (χ2n) is 5.55. The molecule has 0 spiro atoms. The van der Waals surface area contributed by atoms with Gasteiger partial charge in [-0.2, -0.15) is 4.98 Å². The fourth-order valence-electron chi connectivity index (χ4n) is 2.72.